The first-order chi connectivity index (χ1) is 31.2. The van der Waals surface area contributed by atoms with Gasteiger partial charge in [0.2, 0.25) is 0 Å². The monoisotopic (exact) mass is 804 g/mol. The Bertz CT molecular complexity index is 3390. The Hall–Kier alpha value is -8.79. The standard InChI is InChI=1S/C57H36N6/c58-37-44-25-13-14-26-45(44)42-29-31-47-46-27-15-16-28-53(46)63(55(47)34-42)54-32-30-43(51-35-49(38-17-5-1-6-18-38)59-56(61-51)40-21-9-3-10-22-40)33-48(54)52-36-50(39-19-7-2-8-20-39)60-57(62-52)41-23-11-4-12-24-41/h1-36H. The van der Waals surface area contributed by atoms with Gasteiger partial charge < -0.3 is 4.57 Å². The zero-order valence-corrected chi connectivity index (χ0v) is 34.0. The molecule has 0 amide bonds. The number of para-hydroxylation sites is 1. The summed E-state index contributed by atoms with van der Waals surface area (Å²) in [7, 11) is 0. The fourth-order valence-corrected chi connectivity index (χ4v) is 8.45. The Labute approximate surface area is 364 Å². The molecule has 8 aromatic carbocycles. The summed E-state index contributed by atoms with van der Waals surface area (Å²) < 4.78 is 2.33. The molecule has 63 heavy (non-hydrogen) atoms. The van der Waals surface area contributed by atoms with E-state index < -0.39 is 0 Å². The largest absolute Gasteiger partial charge is 0.309 e. The highest BCUT2D eigenvalue weighted by molar-refractivity contribution is 6.11. The maximum absolute atomic E-state index is 10.1. The van der Waals surface area contributed by atoms with Crippen molar-refractivity contribution in [3.05, 3.63) is 224 Å². The van der Waals surface area contributed by atoms with E-state index in [1.807, 2.05) is 109 Å². The third kappa shape index (κ3) is 7.00. The van der Waals surface area contributed by atoms with Crippen LogP contribution in [0.1, 0.15) is 5.56 Å². The molecule has 3 heterocycles. The average molecular weight is 805 g/mol. The van der Waals surface area contributed by atoms with Gasteiger partial charge in [-0.2, -0.15) is 5.26 Å². The molecular formula is C57H36N6. The van der Waals surface area contributed by atoms with Crippen molar-refractivity contribution >= 4 is 21.8 Å². The summed E-state index contributed by atoms with van der Waals surface area (Å²) in [5, 5.41) is 12.3. The molecule has 11 aromatic rings. The number of nitrogens with zero attached hydrogens (tertiary/aromatic N) is 6. The first kappa shape index (κ1) is 37.2. The summed E-state index contributed by atoms with van der Waals surface area (Å²) in [4.78, 5) is 20.9. The van der Waals surface area contributed by atoms with Crippen molar-refractivity contribution in [3.8, 4) is 90.7 Å². The molecule has 0 aliphatic rings. The van der Waals surface area contributed by atoms with Gasteiger partial charge in [-0.25, -0.2) is 19.9 Å². The maximum atomic E-state index is 10.1. The molecule has 0 aliphatic heterocycles. The van der Waals surface area contributed by atoms with E-state index in [0.717, 1.165) is 94.8 Å². The van der Waals surface area contributed by atoms with Crippen molar-refractivity contribution in [1.82, 2.24) is 24.5 Å². The SMILES string of the molecule is N#Cc1ccccc1-c1ccc2c3ccccc3n(-c3ccc(-c4cc(-c5ccccc5)nc(-c5ccccc5)n4)cc3-c3cc(-c4ccccc4)nc(-c4ccccc4)n3)c2c1. The van der Waals surface area contributed by atoms with Crippen LogP contribution in [-0.4, -0.2) is 24.5 Å². The second kappa shape index (κ2) is 16.0. The quantitative estimate of drug-likeness (QED) is 0.153. The molecule has 6 nitrogen and oxygen atoms in total. The van der Waals surface area contributed by atoms with Crippen LogP contribution in [0.5, 0.6) is 0 Å². The first-order valence-corrected chi connectivity index (χ1v) is 20.9. The number of benzene rings is 8. The van der Waals surface area contributed by atoms with Gasteiger partial charge in [0.25, 0.3) is 0 Å². The molecule has 0 spiro atoms. The highest BCUT2D eigenvalue weighted by Gasteiger charge is 2.21. The van der Waals surface area contributed by atoms with Gasteiger partial charge in [-0.05, 0) is 53.6 Å². The van der Waals surface area contributed by atoms with E-state index in [1.54, 1.807) is 0 Å². The van der Waals surface area contributed by atoms with Crippen LogP contribution in [0, 0.1) is 11.3 Å². The number of aromatic nitrogens is 5. The molecular weight excluding hydrogens is 769 g/mol. The van der Waals surface area contributed by atoms with Crippen LogP contribution in [-0.2, 0) is 0 Å². The first-order valence-electron chi connectivity index (χ1n) is 20.9. The van der Waals surface area contributed by atoms with Crippen molar-refractivity contribution in [1.29, 1.82) is 5.26 Å². The highest BCUT2D eigenvalue weighted by Crippen LogP contribution is 2.41. The lowest BCUT2D eigenvalue weighted by Gasteiger charge is -2.17. The van der Waals surface area contributed by atoms with Crippen LogP contribution < -0.4 is 0 Å². The molecule has 0 N–H and O–H groups in total. The number of rotatable bonds is 8. The topological polar surface area (TPSA) is 80.3 Å². The van der Waals surface area contributed by atoms with Gasteiger partial charge in [-0.15, -0.1) is 0 Å². The molecule has 294 valence electrons. The summed E-state index contributed by atoms with van der Waals surface area (Å²) in [5.41, 5.74) is 14.3. The molecule has 11 rings (SSSR count). The Morgan fingerprint density at radius 2 is 0.810 bits per heavy atom. The van der Waals surface area contributed by atoms with E-state index in [-0.39, 0.29) is 0 Å². The fraction of sp³-hybridized carbons (Fsp3) is 0. The molecule has 0 fully saturated rings. The number of hydrogen-bond donors (Lipinski definition) is 0. The summed E-state index contributed by atoms with van der Waals surface area (Å²) in [6.45, 7) is 0. The van der Waals surface area contributed by atoms with Crippen molar-refractivity contribution in [3.63, 3.8) is 0 Å². The molecule has 3 aromatic heterocycles. The van der Waals surface area contributed by atoms with E-state index in [1.165, 1.54) is 0 Å². The van der Waals surface area contributed by atoms with Crippen LogP contribution in [0.4, 0.5) is 0 Å². The Morgan fingerprint density at radius 1 is 0.333 bits per heavy atom. The van der Waals surface area contributed by atoms with E-state index in [0.29, 0.717) is 17.2 Å². The predicted molar refractivity (Wildman–Crippen MR) is 255 cm³/mol. The van der Waals surface area contributed by atoms with Crippen LogP contribution in [0.3, 0.4) is 0 Å². The van der Waals surface area contributed by atoms with Gasteiger partial charge in [0.15, 0.2) is 11.6 Å². The van der Waals surface area contributed by atoms with Crippen LogP contribution >= 0.6 is 0 Å². The highest BCUT2D eigenvalue weighted by atomic mass is 15.0. The lowest BCUT2D eigenvalue weighted by molar-refractivity contribution is 1.15. The summed E-state index contributed by atoms with van der Waals surface area (Å²) >= 11 is 0. The molecule has 0 saturated carbocycles. The van der Waals surface area contributed by atoms with Gasteiger partial charge in [-0.1, -0.05) is 176 Å². The smallest absolute Gasteiger partial charge is 0.160 e. The Morgan fingerprint density at radius 3 is 1.43 bits per heavy atom. The zero-order valence-electron chi connectivity index (χ0n) is 34.0. The van der Waals surface area contributed by atoms with Gasteiger partial charge >= 0.3 is 0 Å². The third-order valence-corrected chi connectivity index (χ3v) is 11.5. The van der Waals surface area contributed by atoms with E-state index in [2.05, 4.69) is 120 Å². The second-order valence-corrected chi connectivity index (χ2v) is 15.4. The van der Waals surface area contributed by atoms with Gasteiger partial charge in [0.1, 0.15) is 0 Å². The number of fused-ring (bicyclic) bond motifs is 3. The molecule has 0 radical (unpaired) electrons. The Balaban J connectivity index is 1.21. The number of hydrogen-bond acceptors (Lipinski definition) is 5. The molecule has 0 saturated heterocycles. The minimum atomic E-state index is 0.626. The zero-order chi connectivity index (χ0) is 42.1. The summed E-state index contributed by atoms with van der Waals surface area (Å²) in [5.74, 6) is 1.27. The fourth-order valence-electron chi connectivity index (χ4n) is 8.45. The van der Waals surface area contributed by atoms with E-state index >= 15 is 0 Å². The lowest BCUT2D eigenvalue weighted by atomic mass is 9.98. The predicted octanol–water partition coefficient (Wildman–Crippen LogP) is 13.9. The van der Waals surface area contributed by atoms with Gasteiger partial charge in [0, 0.05) is 44.2 Å². The summed E-state index contributed by atoms with van der Waals surface area (Å²) in [6, 6.07) is 76.7. The van der Waals surface area contributed by atoms with E-state index in [9.17, 15) is 5.26 Å². The molecule has 0 atom stereocenters. The van der Waals surface area contributed by atoms with E-state index in [4.69, 9.17) is 19.9 Å². The normalized spacial score (nSPS) is 11.2. The molecule has 0 aliphatic carbocycles. The molecule has 0 unspecified atom stereocenters. The third-order valence-electron chi connectivity index (χ3n) is 11.5. The molecule has 6 heteroatoms. The van der Waals surface area contributed by atoms with Crippen LogP contribution in [0.2, 0.25) is 0 Å². The maximum Gasteiger partial charge on any atom is 0.160 e. The second-order valence-electron chi connectivity index (χ2n) is 15.4. The van der Waals surface area contributed by atoms with Crippen molar-refractivity contribution in [2.75, 3.05) is 0 Å². The average Bonchev–Trinajstić information content (AvgIpc) is 3.70. The summed E-state index contributed by atoms with van der Waals surface area (Å²) in [6.07, 6.45) is 0. The van der Waals surface area contributed by atoms with Crippen LogP contribution in [0.15, 0.2) is 218 Å². The van der Waals surface area contributed by atoms with Gasteiger partial charge in [0.05, 0.1) is 51.1 Å². The molecule has 0 bridgehead atoms. The van der Waals surface area contributed by atoms with Crippen molar-refractivity contribution < 1.29 is 0 Å². The van der Waals surface area contributed by atoms with Crippen molar-refractivity contribution in [2.24, 2.45) is 0 Å². The van der Waals surface area contributed by atoms with Gasteiger partial charge in [-0.3, -0.25) is 0 Å². The minimum absolute atomic E-state index is 0.626. The van der Waals surface area contributed by atoms with Crippen molar-refractivity contribution in [2.45, 2.75) is 0 Å². The van der Waals surface area contributed by atoms with Crippen LogP contribution in [0.25, 0.3) is 106 Å². The Kier molecular flexibility index (Phi) is 9.45. The number of nitriles is 1. The minimum Gasteiger partial charge on any atom is -0.309 e. The lowest BCUT2D eigenvalue weighted by Crippen LogP contribution is -2.02.